The van der Waals surface area contributed by atoms with Crippen molar-refractivity contribution >= 4 is 16.7 Å². The van der Waals surface area contributed by atoms with Crippen LogP contribution in [0.1, 0.15) is 12.6 Å². The predicted molar refractivity (Wildman–Crippen MR) is 120 cm³/mol. The first kappa shape index (κ1) is 19.4. The second kappa shape index (κ2) is 7.40. The fourth-order valence-electron chi connectivity index (χ4n) is 4.14. The minimum Gasteiger partial charge on any atom is -0.486 e. The Labute approximate surface area is 186 Å². The molecule has 0 N–H and O–H groups in total. The van der Waals surface area contributed by atoms with Crippen LogP contribution in [0.3, 0.4) is 0 Å². The van der Waals surface area contributed by atoms with E-state index in [0.29, 0.717) is 48.0 Å². The van der Waals surface area contributed by atoms with Crippen molar-refractivity contribution < 1.29 is 13.9 Å². The highest BCUT2D eigenvalue weighted by atomic mass is 19.1. The van der Waals surface area contributed by atoms with Gasteiger partial charge in [0.2, 0.25) is 0 Å². The average Bonchev–Trinajstić information content (AvgIpc) is 3.23. The van der Waals surface area contributed by atoms with E-state index in [1.165, 1.54) is 16.7 Å². The first-order chi connectivity index (χ1) is 16.1. The highest BCUT2D eigenvalue weighted by Gasteiger charge is 2.20. The summed E-state index contributed by atoms with van der Waals surface area (Å²) in [4.78, 5) is 13.3. The number of rotatable bonds is 3. The summed E-state index contributed by atoms with van der Waals surface area (Å²) >= 11 is 0. The maximum absolute atomic E-state index is 13.4. The molecule has 0 atom stereocenters. The second-order valence-corrected chi connectivity index (χ2v) is 7.67. The molecule has 0 aliphatic carbocycles. The molecule has 164 valence electrons. The number of pyridine rings is 1. The van der Waals surface area contributed by atoms with Gasteiger partial charge in [0.15, 0.2) is 22.7 Å². The lowest BCUT2D eigenvalue weighted by Gasteiger charge is -2.19. The molecule has 9 heteroatoms. The van der Waals surface area contributed by atoms with Crippen LogP contribution < -0.4 is 15.0 Å². The molecule has 0 bridgehead atoms. The van der Waals surface area contributed by atoms with Crippen LogP contribution in [0.4, 0.5) is 4.39 Å². The van der Waals surface area contributed by atoms with Crippen molar-refractivity contribution in [3.8, 4) is 28.3 Å². The van der Waals surface area contributed by atoms with Gasteiger partial charge >= 0.3 is 0 Å². The van der Waals surface area contributed by atoms with Gasteiger partial charge in [0.1, 0.15) is 24.5 Å². The lowest BCUT2D eigenvalue weighted by atomic mass is 10.0. The maximum atomic E-state index is 13.4. The predicted octanol–water partition coefficient (Wildman–Crippen LogP) is 3.57. The Bertz CT molecular complexity index is 1590. The Kier molecular flexibility index (Phi) is 4.36. The number of halogens is 1. The van der Waals surface area contributed by atoms with Gasteiger partial charge in [0.05, 0.1) is 16.9 Å². The highest BCUT2D eigenvalue weighted by Crippen LogP contribution is 2.32. The number of fused-ring (bicyclic) bond motifs is 4. The van der Waals surface area contributed by atoms with E-state index >= 15 is 0 Å². The van der Waals surface area contributed by atoms with Gasteiger partial charge in [-0.1, -0.05) is 19.1 Å². The van der Waals surface area contributed by atoms with Gasteiger partial charge < -0.3 is 9.47 Å². The van der Waals surface area contributed by atoms with Crippen molar-refractivity contribution in [3.63, 3.8) is 0 Å². The molecular weight excluding hydrogens is 425 g/mol. The van der Waals surface area contributed by atoms with Crippen molar-refractivity contribution in [3.05, 3.63) is 76.6 Å². The number of hydrogen-bond acceptors (Lipinski definition) is 6. The number of benzene rings is 2. The van der Waals surface area contributed by atoms with Crippen molar-refractivity contribution in [1.29, 1.82) is 0 Å². The molecule has 6 rings (SSSR count). The van der Waals surface area contributed by atoms with E-state index in [1.54, 1.807) is 47.1 Å². The van der Waals surface area contributed by atoms with Gasteiger partial charge in [0, 0.05) is 12.3 Å². The van der Waals surface area contributed by atoms with Crippen LogP contribution in [-0.4, -0.2) is 37.6 Å². The first-order valence-corrected chi connectivity index (χ1v) is 10.6. The van der Waals surface area contributed by atoms with Crippen molar-refractivity contribution in [1.82, 2.24) is 24.4 Å². The molecule has 0 fully saturated rings. The van der Waals surface area contributed by atoms with E-state index in [1.807, 2.05) is 6.92 Å². The summed E-state index contributed by atoms with van der Waals surface area (Å²) in [5.41, 5.74) is 3.93. The first-order valence-electron chi connectivity index (χ1n) is 10.6. The van der Waals surface area contributed by atoms with Crippen molar-refractivity contribution in [2.75, 3.05) is 13.2 Å². The molecule has 8 nitrogen and oxygen atoms in total. The zero-order valence-electron chi connectivity index (χ0n) is 17.7. The zero-order valence-corrected chi connectivity index (χ0v) is 17.7. The van der Waals surface area contributed by atoms with E-state index in [2.05, 4.69) is 10.2 Å². The fraction of sp³-hybridized carbons (Fsp3) is 0.167. The van der Waals surface area contributed by atoms with Crippen LogP contribution in [0.15, 0.2) is 59.5 Å². The number of aromatic nitrogens is 5. The molecule has 33 heavy (non-hydrogen) atoms. The molecule has 0 spiro atoms. The van der Waals surface area contributed by atoms with E-state index in [9.17, 15) is 9.18 Å². The quantitative estimate of drug-likeness (QED) is 0.424. The van der Waals surface area contributed by atoms with Gasteiger partial charge in [-0.25, -0.2) is 8.91 Å². The molecule has 0 amide bonds. The van der Waals surface area contributed by atoms with Gasteiger partial charge in [-0.2, -0.15) is 5.10 Å². The lowest BCUT2D eigenvalue weighted by molar-refractivity contribution is 0.171. The summed E-state index contributed by atoms with van der Waals surface area (Å²) in [6.45, 7) is 2.94. The fourth-order valence-corrected chi connectivity index (χ4v) is 4.14. The largest absolute Gasteiger partial charge is 0.486 e. The van der Waals surface area contributed by atoms with Crippen LogP contribution in [0.2, 0.25) is 0 Å². The summed E-state index contributed by atoms with van der Waals surface area (Å²) < 4.78 is 27.8. The lowest BCUT2D eigenvalue weighted by Crippen LogP contribution is -2.21. The summed E-state index contributed by atoms with van der Waals surface area (Å²) in [6, 6.07) is 13.3. The van der Waals surface area contributed by atoms with Crippen molar-refractivity contribution in [2.24, 2.45) is 0 Å². The zero-order chi connectivity index (χ0) is 22.5. The molecule has 2 aromatic carbocycles. The number of aryl methyl sites for hydroxylation is 1. The van der Waals surface area contributed by atoms with E-state index in [-0.39, 0.29) is 16.9 Å². The van der Waals surface area contributed by atoms with Crippen molar-refractivity contribution in [2.45, 2.75) is 13.3 Å². The molecule has 3 aromatic heterocycles. The minimum atomic E-state index is -0.324. The Morgan fingerprint density at radius 1 is 1.00 bits per heavy atom. The molecule has 0 radical (unpaired) electrons. The number of ether oxygens (including phenoxy) is 2. The average molecular weight is 443 g/mol. The molecular formula is C24H18FN5O3. The summed E-state index contributed by atoms with van der Waals surface area (Å²) in [7, 11) is 0. The normalized spacial score (nSPS) is 13.0. The van der Waals surface area contributed by atoms with E-state index in [4.69, 9.17) is 14.6 Å². The van der Waals surface area contributed by atoms with Crippen LogP contribution in [0, 0.1) is 5.82 Å². The second-order valence-electron chi connectivity index (χ2n) is 7.67. The van der Waals surface area contributed by atoms with Crippen LogP contribution in [-0.2, 0) is 6.42 Å². The minimum absolute atomic E-state index is 0.190. The molecule has 0 saturated heterocycles. The maximum Gasteiger partial charge on any atom is 0.285 e. The molecule has 5 aromatic rings. The Balaban J connectivity index is 1.54. The summed E-state index contributed by atoms with van der Waals surface area (Å²) in [5, 5.41) is 13.3. The van der Waals surface area contributed by atoms with Gasteiger partial charge in [-0.15, -0.1) is 10.2 Å². The van der Waals surface area contributed by atoms with E-state index in [0.717, 1.165) is 16.8 Å². The molecule has 4 heterocycles. The number of hydrogen-bond donors (Lipinski definition) is 0. The third-order valence-corrected chi connectivity index (χ3v) is 5.72. The van der Waals surface area contributed by atoms with Gasteiger partial charge in [-0.3, -0.25) is 9.36 Å². The standard InChI is InChI=1S/C24H18FN5O3/c1-2-17-21(14-3-5-15(25)6-4-14)23-27-26-22-18(30(23)28-17)9-10-29(24(22)31)16-7-8-19-20(13-16)33-12-11-32-19/h3-10,13H,2,11-12H2,1H3. The van der Waals surface area contributed by atoms with Crippen LogP contribution >= 0.6 is 0 Å². The Hall–Kier alpha value is -4.27. The monoisotopic (exact) mass is 443 g/mol. The Morgan fingerprint density at radius 2 is 1.79 bits per heavy atom. The van der Waals surface area contributed by atoms with Crippen LogP contribution in [0.5, 0.6) is 11.5 Å². The molecule has 1 aliphatic heterocycles. The number of nitrogens with zero attached hydrogens (tertiary/aromatic N) is 5. The third kappa shape index (κ3) is 3.04. The third-order valence-electron chi connectivity index (χ3n) is 5.72. The Morgan fingerprint density at radius 3 is 2.58 bits per heavy atom. The molecule has 0 unspecified atom stereocenters. The topological polar surface area (TPSA) is 83.5 Å². The highest BCUT2D eigenvalue weighted by molar-refractivity contribution is 5.84. The summed E-state index contributed by atoms with van der Waals surface area (Å²) in [6.07, 6.45) is 2.33. The molecule has 0 saturated carbocycles. The smallest absolute Gasteiger partial charge is 0.285 e. The summed E-state index contributed by atoms with van der Waals surface area (Å²) in [5.74, 6) is 0.928. The van der Waals surface area contributed by atoms with Gasteiger partial charge in [0.25, 0.3) is 5.56 Å². The van der Waals surface area contributed by atoms with E-state index < -0.39 is 0 Å². The molecule has 1 aliphatic rings. The van der Waals surface area contributed by atoms with Gasteiger partial charge in [-0.05, 0) is 42.3 Å². The SMILES string of the molecule is CCc1nn2c(nnc3c(=O)n(-c4ccc5c(c4)OCCO5)ccc32)c1-c1ccc(F)cc1. The van der Waals surface area contributed by atoms with Crippen LogP contribution in [0.25, 0.3) is 33.5 Å².